The van der Waals surface area contributed by atoms with E-state index in [0.717, 1.165) is 18.4 Å². The van der Waals surface area contributed by atoms with E-state index in [0.29, 0.717) is 49.4 Å². The molecule has 1 amide bonds. The first-order valence-corrected chi connectivity index (χ1v) is 8.63. The number of carbonyl (C=O) groups excluding carboxylic acids is 1. The number of hydrogen-bond donors (Lipinski definition) is 1. The first-order valence-electron chi connectivity index (χ1n) is 8.25. The Hall–Kier alpha value is -1.50. The van der Waals surface area contributed by atoms with Crippen molar-refractivity contribution in [2.75, 3.05) is 32.9 Å². The maximum atomic E-state index is 12.6. The Kier molecular flexibility index (Phi) is 4.06. The number of hydrogen-bond acceptors (Lipinski definition) is 5. The maximum Gasteiger partial charge on any atom is 0.227 e. The van der Waals surface area contributed by atoms with Gasteiger partial charge in [-0.3, -0.25) is 4.79 Å². The molecule has 0 bridgehead atoms. The Morgan fingerprint density at radius 1 is 1.33 bits per heavy atom. The van der Waals surface area contributed by atoms with Crippen LogP contribution in [0.25, 0.3) is 0 Å². The summed E-state index contributed by atoms with van der Waals surface area (Å²) in [6.45, 7) is 2.36. The normalized spacial score (nSPS) is 28.6. The van der Waals surface area contributed by atoms with Crippen molar-refractivity contribution in [3.8, 4) is 11.5 Å². The molecule has 4 rings (SSSR count). The number of aliphatic hydroxyl groups excluding tert-OH is 1. The topological polar surface area (TPSA) is 68.2 Å². The van der Waals surface area contributed by atoms with Gasteiger partial charge in [0.25, 0.3) is 0 Å². The fourth-order valence-corrected chi connectivity index (χ4v) is 4.01. The molecule has 1 N–H and O–H groups in total. The molecule has 3 aliphatic heterocycles. The molecule has 1 aromatic carbocycles. The summed E-state index contributed by atoms with van der Waals surface area (Å²) in [5, 5.41) is 10.7. The van der Waals surface area contributed by atoms with E-state index in [9.17, 15) is 9.90 Å². The average molecular weight is 354 g/mol. The lowest BCUT2D eigenvalue weighted by molar-refractivity contribution is -0.130. The van der Waals surface area contributed by atoms with Gasteiger partial charge in [0.2, 0.25) is 5.91 Å². The molecule has 130 valence electrons. The monoisotopic (exact) mass is 353 g/mol. The van der Waals surface area contributed by atoms with Crippen LogP contribution in [-0.4, -0.2) is 60.5 Å². The summed E-state index contributed by atoms with van der Waals surface area (Å²) in [6.07, 6.45) is 1.32. The van der Waals surface area contributed by atoms with Gasteiger partial charge in [-0.05, 0) is 30.5 Å². The lowest BCUT2D eigenvalue weighted by Crippen LogP contribution is -2.41. The second-order valence-corrected chi connectivity index (χ2v) is 6.99. The number of rotatable bonds is 2. The van der Waals surface area contributed by atoms with Crippen LogP contribution < -0.4 is 9.47 Å². The number of nitrogens with zero attached hydrogens (tertiary/aromatic N) is 1. The van der Waals surface area contributed by atoms with Crippen molar-refractivity contribution >= 4 is 17.5 Å². The highest BCUT2D eigenvalue weighted by Crippen LogP contribution is 2.39. The molecular formula is C17H20ClNO5. The minimum absolute atomic E-state index is 0.0471. The predicted octanol–water partition coefficient (Wildman–Crippen LogP) is 1.41. The number of carbonyl (C=O) groups is 1. The number of benzene rings is 1. The number of fused-ring (bicyclic) bond motifs is 1. The molecule has 2 fully saturated rings. The predicted molar refractivity (Wildman–Crippen MR) is 86.6 cm³/mol. The summed E-state index contributed by atoms with van der Waals surface area (Å²) in [5.74, 6) is 1.07. The highest BCUT2D eigenvalue weighted by Gasteiger charge is 2.50. The standard InChI is InChI=1S/C17H20ClNO5/c18-12-6-11(7-13-16(12)23-5-4-22-13)8-15(21)19-9-14(20)17(10-19)2-1-3-24-17/h6-7,14,20H,1-5,8-10H2/t14-,17-/m0/s1. The third-order valence-electron chi connectivity index (χ3n) is 4.96. The van der Waals surface area contributed by atoms with E-state index in [1.54, 1.807) is 17.0 Å². The molecule has 1 spiro atoms. The zero-order chi connectivity index (χ0) is 16.7. The van der Waals surface area contributed by atoms with Crippen LogP contribution in [0.4, 0.5) is 0 Å². The summed E-state index contributed by atoms with van der Waals surface area (Å²) in [4.78, 5) is 14.3. The summed E-state index contributed by atoms with van der Waals surface area (Å²) < 4.78 is 16.8. The molecule has 0 aliphatic carbocycles. The smallest absolute Gasteiger partial charge is 0.227 e. The van der Waals surface area contributed by atoms with Gasteiger partial charge in [-0.25, -0.2) is 0 Å². The Bertz CT molecular complexity index is 659. The zero-order valence-electron chi connectivity index (χ0n) is 13.3. The van der Waals surface area contributed by atoms with E-state index in [2.05, 4.69) is 0 Å². The SMILES string of the molecule is O=C(Cc1cc(Cl)c2c(c1)OCCO2)N1C[C@H](O)[C@]2(CCCO2)C1. The second kappa shape index (κ2) is 6.10. The zero-order valence-corrected chi connectivity index (χ0v) is 14.1. The van der Waals surface area contributed by atoms with Crippen LogP contribution in [0.2, 0.25) is 5.02 Å². The fourth-order valence-electron chi connectivity index (χ4n) is 3.72. The Balaban J connectivity index is 1.48. The van der Waals surface area contributed by atoms with Crippen molar-refractivity contribution in [1.29, 1.82) is 0 Å². The summed E-state index contributed by atoms with van der Waals surface area (Å²) in [7, 11) is 0. The Morgan fingerprint density at radius 2 is 2.17 bits per heavy atom. The van der Waals surface area contributed by atoms with Crippen molar-refractivity contribution in [3.63, 3.8) is 0 Å². The first-order chi connectivity index (χ1) is 11.6. The molecule has 3 heterocycles. The largest absolute Gasteiger partial charge is 0.486 e. The number of ether oxygens (including phenoxy) is 3. The number of aliphatic hydroxyl groups is 1. The van der Waals surface area contributed by atoms with E-state index < -0.39 is 11.7 Å². The van der Waals surface area contributed by atoms with Crippen molar-refractivity contribution in [2.24, 2.45) is 0 Å². The molecule has 2 saturated heterocycles. The van der Waals surface area contributed by atoms with E-state index in [4.69, 9.17) is 25.8 Å². The van der Waals surface area contributed by atoms with Gasteiger partial charge in [0.15, 0.2) is 11.5 Å². The fraction of sp³-hybridized carbons (Fsp3) is 0.588. The minimum Gasteiger partial charge on any atom is -0.486 e. The Labute approximate surface area is 145 Å². The van der Waals surface area contributed by atoms with Gasteiger partial charge >= 0.3 is 0 Å². The van der Waals surface area contributed by atoms with Crippen molar-refractivity contribution in [2.45, 2.75) is 31.0 Å². The molecule has 7 heteroatoms. The van der Waals surface area contributed by atoms with Crippen LogP contribution in [-0.2, 0) is 16.0 Å². The molecule has 0 unspecified atom stereocenters. The highest BCUT2D eigenvalue weighted by molar-refractivity contribution is 6.32. The van der Waals surface area contributed by atoms with Gasteiger partial charge in [-0.1, -0.05) is 11.6 Å². The molecule has 0 aromatic heterocycles. The van der Waals surface area contributed by atoms with Gasteiger partial charge in [0.05, 0.1) is 18.0 Å². The highest BCUT2D eigenvalue weighted by atomic mass is 35.5. The van der Waals surface area contributed by atoms with Gasteiger partial charge in [-0.15, -0.1) is 0 Å². The summed E-state index contributed by atoms with van der Waals surface area (Å²) in [6, 6.07) is 3.54. The van der Waals surface area contributed by atoms with Crippen molar-refractivity contribution in [1.82, 2.24) is 4.90 Å². The lowest BCUT2D eigenvalue weighted by Gasteiger charge is -2.25. The molecule has 0 radical (unpaired) electrons. The first kappa shape index (κ1) is 16.0. The second-order valence-electron chi connectivity index (χ2n) is 6.59. The molecule has 24 heavy (non-hydrogen) atoms. The van der Waals surface area contributed by atoms with E-state index in [-0.39, 0.29) is 12.3 Å². The van der Waals surface area contributed by atoms with Gasteiger partial charge in [0.1, 0.15) is 24.9 Å². The van der Waals surface area contributed by atoms with Crippen molar-refractivity contribution in [3.05, 3.63) is 22.7 Å². The molecular weight excluding hydrogens is 334 g/mol. The third kappa shape index (κ3) is 2.72. The van der Waals surface area contributed by atoms with Crippen LogP contribution in [0.1, 0.15) is 18.4 Å². The lowest BCUT2D eigenvalue weighted by atomic mass is 9.97. The van der Waals surface area contributed by atoms with Gasteiger partial charge in [-0.2, -0.15) is 0 Å². The van der Waals surface area contributed by atoms with Crippen LogP contribution in [0.3, 0.4) is 0 Å². The Morgan fingerprint density at radius 3 is 2.96 bits per heavy atom. The number of β-amino-alcohol motifs (C(OH)–C–C–N with tert-alkyl or cyclic N) is 1. The van der Waals surface area contributed by atoms with Crippen LogP contribution in [0, 0.1) is 0 Å². The van der Waals surface area contributed by atoms with Gasteiger partial charge < -0.3 is 24.2 Å². The molecule has 0 saturated carbocycles. The molecule has 6 nitrogen and oxygen atoms in total. The number of halogens is 1. The molecule has 2 atom stereocenters. The molecule has 3 aliphatic rings. The maximum absolute atomic E-state index is 12.6. The van der Waals surface area contributed by atoms with Crippen molar-refractivity contribution < 1.29 is 24.1 Å². The number of amides is 1. The average Bonchev–Trinajstić information content (AvgIpc) is 3.16. The summed E-state index contributed by atoms with van der Waals surface area (Å²) >= 11 is 6.22. The quantitative estimate of drug-likeness (QED) is 0.870. The van der Waals surface area contributed by atoms with E-state index in [1.807, 2.05) is 0 Å². The molecule has 1 aromatic rings. The van der Waals surface area contributed by atoms with Crippen LogP contribution in [0.15, 0.2) is 12.1 Å². The van der Waals surface area contributed by atoms with Crippen LogP contribution >= 0.6 is 11.6 Å². The van der Waals surface area contributed by atoms with Crippen LogP contribution in [0.5, 0.6) is 11.5 Å². The van der Waals surface area contributed by atoms with E-state index in [1.165, 1.54) is 0 Å². The number of likely N-dealkylation sites (tertiary alicyclic amines) is 1. The third-order valence-corrected chi connectivity index (χ3v) is 5.24. The van der Waals surface area contributed by atoms with E-state index >= 15 is 0 Å². The summed E-state index contributed by atoms with van der Waals surface area (Å²) in [5.41, 5.74) is 0.206. The minimum atomic E-state index is -0.618. The van der Waals surface area contributed by atoms with Gasteiger partial charge in [0, 0.05) is 13.2 Å².